The van der Waals surface area contributed by atoms with Crippen LogP contribution in [0.15, 0.2) is 70.4 Å². The third-order valence-electron chi connectivity index (χ3n) is 5.38. The number of aromatic nitrogens is 2. The average Bonchev–Trinajstić information content (AvgIpc) is 3.37. The number of hydrogen-bond donors (Lipinski definition) is 1. The van der Waals surface area contributed by atoms with Gasteiger partial charge < -0.3 is 10.1 Å². The first-order valence-electron chi connectivity index (χ1n) is 10.5. The van der Waals surface area contributed by atoms with Gasteiger partial charge in [-0.15, -0.1) is 0 Å². The topological polar surface area (TPSA) is 111 Å². The summed E-state index contributed by atoms with van der Waals surface area (Å²) in [5, 5.41) is 6.98. The highest BCUT2D eigenvalue weighted by Crippen LogP contribution is 2.27. The fraction of sp³-hybridized carbons (Fsp3) is 0.261. The van der Waals surface area contributed by atoms with Gasteiger partial charge in [-0.3, -0.25) is 9.59 Å². The maximum Gasteiger partial charge on any atom is 0.267 e. The van der Waals surface area contributed by atoms with Crippen LogP contribution in [-0.2, 0) is 21.4 Å². The molecule has 0 saturated carbocycles. The second-order valence-corrected chi connectivity index (χ2v) is 9.54. The number of amides is 1. The molecule has 3 aromatic rings. The van der Waals surface area contributed by atoms with E-state index in [1.807, 2.05) is 18.2 Å². The molecule has 2 heterocycles. The summed E-state index contributed by atoms with van der Waals surface area (Å²) in [6.45, 7) is 0.753. The molecule has 1 aliphatic heterocycles. The summed E-state index contributed by atoms with van der Waals surface area (Å²) < 4.78 is 33.1. The minimum Gasteiger partial charge on any atom is -0.496 e. The van der Waals surface area contributed by atoms with Gasteiger partial charge in [0.2, 0.25) is 15.9 Å². The molecular weight excluding hydrogens is 444 g/mol. The number of anilines is 1. The van der Waals surface area contributed by atoms with Gasteiger partial charge >= 0.3 is 0 Å². The van der Waals surface area contributed by atoms with Crippen LogP contribution in [0.4, 0.5) is 5.69 Å². The average molecular weight is 469 g/mol. The van der Waals surface area contributed by atoms with Gasteiger partial charge in [0.25, 0.3) is 5.56 Å². The second kappa shape index (κ2) is 9.55. The number of nitrogens with zero attached hydrogens (tertiary/aromatic N) is 3. The molecular formula is C23H24N4O5S. The minimum atomic E-state index is -3.52. The van der Waals surface area contributed by atoms with Crippen LogP contribution in [0, 0.1) is 0 Å². The summed E-state index contributed by atoms with van der Waals surface area (Å²) in [5.74, 6) is 0.139. The van der Waals surface area contributed by atoms with Gasteiger partial charge in [0.05, 0.1) is 17.7 Å². The van der Waals surface area contributed by atoms with Crippen LogP contribution in [0.1, 0.15) is 12.8 Å². The van der Waals surface area contributed by atoms with Crippen molar-refractivity contribution in [2.75, 3.05) is 25.5 Å². The number of methoxy groups -OCH3 is 1. The van der Waals surface area contributed by atoms with Crippen molar-refractivity contribution in [2.45, 2.75) is 24.3 Å². The number of hydrogen-bond acceptors (Lipinski definition) is 6. The van der Waals surface area contributed by atoms with Crippen molar-refractivity contribution >= 4 is 21.6 Å². The maximum atomic E-state index is 12.6. The smallest absolute Gasteiger partial charge is 0.267 e. The molecule has 0 spiro atoms. The Bertz CT molecular complexity index is 1310. The van der Waals surface area contributed by atoms with Crippen LogP contribution in [0.5, 0.6) is 5.75 Å². The Morgan fingerprint density at radius 2 is 1.73 bits per heavy atom. The van der Waals surface area contributed by atoms with E-state index in [9.17, 15) is 18.0 Å². The normalized spacial score (nSPS) is 14.2. The lowest BCUT2D eigenvalue weighted by molar-refractivity contribution is -0.117. The molecule has 1 aliphatic rings. The fourth-order valence-corrected chi connectivity index (χ4v) is 5.20. The zero-order chi connectivity index (χ0) is 23.4. The van der Waals surface area contributed by atoms with Crippen LogP contribution in [0.3, 0.4) is 0 Å². The molecule has 0 atom stereocenters. The number of benzene rings is 2. The number of rotatable bonds is 7. The fourth-order valence-electron chi connectivity index (χ4n) is 3.69. The summed E-state index contributed by atoms with van der Waals surface area (Å²) in [6.07, 6.45) is 1.72. The quantitative estimate of drug-likeness (QED) is 0.570. The Morgan fingerprint density at radius 1 is 1.03 bits per heavy atom. The third-order valence-corrected chi connectivity index (χ3v) is 7.30. The number of para-hydroxylation sites is 1. The maximum absolute atomic E-state index is 12.6. The molecule has 1 aromatic heterocycles. The molecule has 172 valence electrons. The van der Waals surface area contributed by atoms with E-state index in [4.69, 9.17) is 4.74 Å². The van der Waals surface area contributed by atoms with Gasteiger partial charge in [0.15, 0.2) is 0 Å². The molecule has 0 bridgehead atoms. The van der Waals surface area contributed by atoms with Crippen LogP contribution in [0.25, 0.3) is 11.3 Å². The minimum absolute atomic E-state index is 0.185. The molecule has 0 aliphatic carbocycles. The zero-order valence-electron chi connectivity index (χ0n) is 18.1. The number of carbonyl (C=O) groups is 1. The lowest BCUT2D eigenvalue weighted by Crippen LogP contribution is -2.29. The van der Waals surface area contributed by atoms with Crippen molar-refractivity contribution < 1.29 is 17.9 Å². The predicted molar refractivity (Wildman–Crippen MR) is 124 cm³/mol. The van der Waals surface area contributed by atoms with E-state index in [1.165, 1.54) is 34.6 Å². The van der Waals surface area contributed by atoms with Gasteiger partial charge in [-0.2, -0.15) is 9.40 Å². The zero-order valence-corrected chi connectivity index (χ0v) is 18.9. The van der Waals surface area contributed by atoms with E-state index in [0.717, 1.165) is 17.5 Å². The highest BCUT2D eigenvalue weighted by molar-refractivity contribution is 7.89. The third kappa shape index (κ3) is 4.96. The Balaban J connectivity index is 1.47. The van der Waals surface area contributed by atoms with E-state index < -0.39 is 21.5 Å². The van der Waals surface area contributed by atoms with E-state index in [0.29, 0.717) is 35.8 Å². The summed E-state index contributed by atoms with van der Waals surface area (Å²) in [5.41, 5.74) is 1.20. The SMILES string of the molecule is COc1ccccc1-c1ccc(=O)n(CC(=O)Nc2ccc(S(=O)(=O)N3CCCC3)cc2)n1. The Hall–Kier alpha value is -3.50. The molecule has 0 radical (unpaired) electrons. The largest absolute Gasteiger partial charge is 0.496 e. The number of nitrogens with one attached hydrogen (secondary N) is 1. The predicted octanol–water partition coefficient (Wildman–Crippen LogP) is 2.34. The van der Waals surface area contributed by atoms with Crippen molar-refractivity contribution in [3.63, 3.8) is 0 Å². The Labute approximate surface area is 191 Å². The molecule has 0 unspecified atom stereocenters. The van der Waals surface area contributed by atoms with Crippen molar-refractivity contribution in [1.29, 1.82) is 0 Å². The second-order valence-electron chi connectivity index (χ2n) is 7.60. The summed E-state index contributed by atoms with van der Waals surface area (Å²) in [6, 6.07) is 16.2. The number of ether oxygens (including phenoxy) is 1. The molecule has 2 aromatic carbocycles. The van der Waals surface area contributed by atoms with E-state index in [-0.39, 0.29) is 11.4 Å². The first-order valence-corrected chi connectivity index (χ1v) is 11.9. The van der Waals surface area contributed by atoms with Crippen LogP contribution in [0.2, 0.25) is 0 Å². The standard InChI is InChI=1S/C23H24N4O5S/c1-32-21-7-3-2-6-19(21)20-12-13-23(29)27(25-20)16-22(28)24-17-8-10-18(11-9-17)33(30,31)26-14-4-5-15-26/h2-3,6-13H,4-5,14-16H2,1H3,(H,24,28). The molecule has 1 N–H and O–H groups in total. The molecule has 4 rings (SSSR count). The lowest BCUT2D eigenvalue weighted by Gasteiger charge is -2.15. The van der Waals surface area contributed by atoms with Gasteiger partial charge in [-0.25, -0.2) is 13.1 Å². The molecule has 1 amide bonds. The molecule has 1 saturated heterocycles. The van der Waals surface area contributed by atoms with Gasteiger partial charge in [-0.05, 0) is 55.3 Å². The first-order chi connectivity index (χ1) is 15.9. The van der Waals surface area contributed by atoms with Gasteiger partial charge in [0, 0.05) is 30.4 Å². The summed E-state index contributed by atoms with van der Waals surface area (Å²) >= 11 is 0. The van der Waals surface area contributed by atoms with Crippen LogP contribution < -0.4 is 15.6 Å². The molecule has 9 nitrogen and oxygen atoms in total. The number of sulfonamides is 1. The highest BCUT2D eigenvalue weighted by atomic mass is 32.2. The van der Waals surface area contributed by atoms with Gasteiger partial charge in [0.1, 0.15) is 12.3 Å². The Morgan fingerprint density at radius 3 is 2.42 bits per heavy atom. The molecule has 33 heavy (non-hydrogen) atoms. The Kier molecular flexibility index (Phi) is 6.57. The molecule has 10 heteroatoms. The van der Waals surface area contributed by atoms with E-state index in [1.54, 1.807) is 19.2 Å². The van der Waals surface area contributed by atoms with E-state index in [2.05, 4.69) is 10.4 Å². The van der Waals surface area contributed by atoms with Crippen LogP contribution >= 0.6 is 0 Å². The highest BCUT2D eigenvalue weighted by Gasteiger charge is 2.27. The molecule has 1 fully saturated rings. The van der Waals surface area contributed by atoms with Gasteiger partial charge in [-0.1, -0.05) is 12.1 Å². The summed E-state index contributed by atoms with van der Waals surface area (Å²) in [4.78, 5) is 25.0. The number of carbonyl (C=O) groups excluding carboxylic acids is 1. The van der Waals surface area contributed by atoms with Crippen molar-refractivity contribution in [3.05, 3.63) is 71.0 Å². The van der Waals surface area contributed by atoms with Crippen molar-refractivity contribution in [1.82, 2.24) is 14.1 Å². The first kappa shape index (κ1) is 22.7. The van der Waals surface area contributed by atoms with Crippen molar-refractivity contribution in [2.24, 2.45) is 0 Å². The van der Waals surface area contributed by atoms with E-state index >= 15 is 0 Å². The van der Waals surface area contributed by atoms with Crippen molar-refractivity contribution in [3.8, 4) is 17.0 Å². The lowest BCUT2D eigenvalue weighted by atomic mass is 10.1. The summed E-state index contributed by atoms with van der Waals surface area (Å²) in [7, 11) is -1.97. The monoisotopic (exact) mass is 468 g/mol. The van der Waals surface area contributed by atoms with Crippen LogP contribution in [-0.4, -0.2) is 48.6 Å².